The average Bonchev–Trinajstić information content (AvgIpc) is 3.19. The standard InChI is InChI=1S/C20H18N4O3/c1-3-24(4-2)15-8-7-13-10-16(20(25)26-17(13)11-15)19-22-18(23-27-19)14-6-5-9-21-12-14/h5-12H,3-4H2,1-2H3. The molecule has 1 aromatic carbocycles. The minimum Gasteiger partial charge on any atom is -0.422 e. The van der Waals surface area contributed by atoms with Crippen LogP contribution in [0, 0.1) is 0 Å². The van der Waals surface area contributed by atoms with Crippen LogP contribution in [0.1, 0.15) is 13.8 Å². The molecule has 4 aromatic rings. The fourth-order valence-corrected chi connectivity index (χ4v) is 2.98. The number of anilines is 1. The van der Waals surface area contributed by atoms with Gasteiger partial charge in [0.25, 0.3) is 5.89 Å². The fraction of sp³-hybridized carbons (Fsp3) is 0.200. The first kappa shape index (κ1) is 17.0. The Hall–Kier alpha value is -3.48. The van der Waals surface area contributed by atoms with Gasteiger partial charge in [-0.05, 0) is 44.2 Å². The van der Waals surface area contributed by atoms with Crippen LogP contribution in [-0.2, 0) is 0 Å². The van der Waals surface area contributed by atoms with Gasteiger partial charge in [-0.3, -0.25) is 4.98 Å². The quantitative estimate of drug-likeness (QED) is 0.500. The third-order valence-corrected chi connectivity index (χ3v) is 4.42. The van der Waals surface area contributed by atoms with Crippen LogP contribution in [0.15, 0.2) is 62.5 Å². The molecule has 0 aliphatic heterocycles. The molecule has 0 spiro atoms. The summed E-state index contributed by atoms with van der Waals surface area (Å²) in [5.74, 6) is 0.492. The number of aromatic nitrogens is 3. The molecule has 0 aliphatic carbocycles. The van der Waals surface area contributed by atoms with Crippen molar-refractivity contribution in [3.63, 3.8) is 0 Å². The average molecular weight is 362 g/mol. The maximum atomic E-state index is 12.5. The van der Waals surface area contributed by atoms with E-state index >= 15 is 0 Å². The SMILES string of the molecule is CCN(CC)c1ccc2cc(-c3nc(-c4cccnc4)no3)c(=O)oc2c1. The highest BCUT2D eigenvalue weighted by Crippen LogP contribution is 2.25. The zero-order valence-corrected chi connectivity index (χ0v) is 15.0. The normalized spacial score (nSPS) is 11.0. The molecule has 0 fully saturated rings. The van der Waals surface area contributed by atoms with Crippen molar-refractivity contribution >= 4 is 16.7 Å². The van der Waals surface area contributed by atoms with Gasteiger partial charge in [0.2, 0.25) is 5.82 Å². The molecule has 0 saturated heterocycles. The van der Waals surface area contributed by atoms with Gasteiger partial charge >= 0.3 is 5.63 Å². The van der Waals surface area contributed by atoms with E-state index in [4.69, 9.17) is 8.94 Å². The van der Waals surface area contributed by atoms with Gasteiger partial charge in [-0.1, -0.05) is 5.16 Å². The molecule has 0 aliphatic rings. The van der Waals surface area contributed by atoms with Crippen molar-refractivity contribution in [2.75, 3.05) is 18.0 Å². The Morgan fingerprint density at radius 2 is 1.96 bits per heavy atom. The summed E-state index contributed by atoms with van der Waals surface area (Å²) in [6.07, 6.45) is 3.29. The molecule has 3 heterocycles. The molecule has 0 amide bonds. The molecule has 7 nitrogen and oxygen atoms in total. The Bertz CT molecular complexity index is 1130. The first-order chi connectivity index (χ1) is 13.2. The predicted octanol–water partition coefficient (Wildman–Crippen LogP) is 3.75. The maximum Gasteiger partial charge on any atom is 0.349 e. The van der Waals surface area contributed by atoms with Crippen LogP contribution in [0.5, 0.6) is 0 Å². The molecule has 136 valence electrons. The molecular weight excluding hydrogens is 344 g/mol. The topological polar surface area (TPSA) is 85.3 Å². The van der Waals surface area contributed by atoms with Crippen molar-refractivity contribution < 1.29 is 8.94 Å². The summed E-state index contributed by atoms with van der Waals surface area (Å²) in [4.78, 5) is 23.0. The van der Waals surface area contributed by atoms with Crippen LogP contribution in [0.4, 0.5) is 5.69 Å². The summed E-state index contributed by atoms with van der Waals surface area (Å²) in [5, 5.41) is 4.72. The predicted molar refractivity (Wildman–Crippen MR) is 103 cm³/mol. The number of pyridine rings is 1. The van der Waals surface area contributed by atoms with Gasteiger partial charge in [-0.2, -0.15) is 4.98 Å². The van der Waals surface area contributed by atoms with Crippen LogP contribution in [0.25, 0.3) is 33.8 Å². The molecule has 27 heavy (non-hydrogen) atoms. The van der Waals surface area contributed by atoms with Crippen LogP contribution in [0.3, 0.4) is 0 Å². The van der Waals surface area contributed by atoms with Gasteiger partial charge in [0.15, 0.2) is 0 Å². The first-order valence-electron chi connectivity index (χ1n) is 8.77. The summed E-state index contributed by atoms with van der Waals surface area (Å²) < 4.78 is 10.8. The Kier molecular flexibility index (Phi) is 4.42. The molecule has 4 rings (SSSR count). The molecule has 3 aromatic heterocycles. The highest BCUT2D eigenvalue weighted by atomic mass is 16.5. The van der Waals surface area contributed by atoms with E-state index in [1.165, 1.54) is 0 Å². The first-order valence-corrected chi connectivity index (χ1v) is 8.77. The lowest BCUT2D eigenvalue weighted by Crippen LogP contribution is -2.21. The fourth-order valence-electron chi connectivity index (χ4n) is 2.98. The lowest BCUT2D eigenvalue weighted by molar-refractivity contribution is 0.429. The van der Waals surface area contributed by atoms with Crippen molar-refractivity contribution in [1.29, 1.82) is 0 Å². The highest BCUT2D eigenvalue weighted by molar-refractivity contribution is 5.83. The maximum absolute atomic E-state index is 12.5. The van der Waals surface area contributed by atoms with E-state index in [9.17, 15) is 4.79 Å². The number of hydrogen-bond acceptors (Lipinski definition) is 7. The number of benzene rings is 1. The Morgan fingerprint density at radius 1 is 1.11 bits per heavy atom. The van der Waals surface area contributed by atoms with Gasteiger partial charge in [0.05, 0.1) is 0 Å². The number of hydrogen-bond donors (Lipinski definition) is 0. The van der Waals surface area contributed by atoms with Crippen molar-refractivity contribution in [2.24, 2.45) is 0 Å². The highest BCUT2D eigenvalue weighted by Gasteiger charge is 2.16. The largest absolute Gasteiger partial charge is 0.422 e. The van der Waals surface area contributed by atoms with E-state index in [-0.39, 0.29) is 11.5 Å². The van der Waals surface area contributed by atoms with E-state index in [2.05, 4.69) is 33.9 Å². The smallest absolute Gasteiger partial charge is 0.349 e. The van der Waals surface area contributed by atoms with Gasteiger partial charge < -0.3 is 13.8 Å². The Morgan fingerprint density at radius 3 is 2.70 bits per heavy atom. The van der Waals surface area contributed by atoms with Crippen molar-refractivity contribution in [2.45, 2.75) is 13.8 Å². The molecule has 0 radical (unpaired) electrons. The number of rotatable bonds is 5. The van der Waals surface area contributed by atoms with Crippen LogP contribution in [-0.4, -0.2) is 28.2 Å². The summed E-state index contributed by atoms with van der Waals surface area (Å²) in [6, 6.07) is 11.1. The summed E-state index contributed by atoms with van der Waals surface area (Å²) in [7, 11) is 0. The van der Waals surface area contributed by atoms with E-state index < -0.39 is 5.63 Å². The van der Waals surface area contributed by atoms with Crippen molar-refractivity contribution in [3.8, 4) is 22.8 Å². The molecule has 0 unspecified atom stereocenters. The van der Waals surface area contributed by atoms with E-state index in [0.717, 1.165) is 24.2 Å². The lowest BCUT2D eigenvalue weighted by atomic mass is 10.1. The zero-order valence-electron chi connectivity index (χ0n) is 15.0. The van der Waals surface area contributed by atoms with Crippen LogP contribution in [0.2, 0.25) is 0 Å². The minimum atomic E-state index is -0.513. The second-order valence-corrected chi connectivity index (χ2v) is 6.01. The summed E-state index contributed by atoms with van der Waals surface area (Å²) in [6.45, 7) is 5.93. The third-order valence-electron chi connectivity index (χ3n) is 4.42. The molecule has 7 heteroatoms. The van der Waals surface area contributed by atoms with E-state index in [0.29, 0.717) is 17.0 Å². The van der Waals surface area contributed by atoms with Crippen molar-refractivity contribution in [3.05, 3.63) is 59.2 Å². The van der Waals surface area contributed by atoms with E-state index in [1.807, 2.05) is 24.3 Å². The zero-order chi connectivity index (χ0) is 18.8. The van der Waals surface area contributed by atoms with Crippen LogP contribution < -0.4 is 10.5 Å². The summed E-state index contributed by atoms with van der Waals surface area (Å²) >= 11 is 0. The molecule has 0 N–H and O–H groups in total. The molecule has 0 bridgehead atoms. The number of nitrogens with zero attached hydrogens (tertiary/aromatic N) is 4. The lowest BCUT2D eigenvalue weighted by Gasteiger charge is -2.20. The Labute approximate surface area is 155 Å². The third kappa shape index (κ3) is 3.19. The monoisotopic (exact) mass is 362 g/mol. The van der Waals surface area contributed by atoms with Crippen molar-refractivity contribution in [1.82, 2.24) is 15.1 Å². The second kappa shape index (κ2) is 7.03. The summed E-state index contributed by atoms with van der Waals surface area (Å²) in [5.41, 5.74) is 1.98. The van der Waals surface area contributed by atoms with Gasteiger partial charge in [0, 0.05) is 48.2 Å². The molecular formula is C20H18N4O3. The number of fused-ring (bicyclic) bond motifs is 1. The minimum absolute atomic E-state index is 0.123. The van der Waals surface area contributed by atoms with Gasteiger partial charge in [-0.25, -0.2) is 4.79 Å². The molecule has 0 saturated carbocycles. The van der Waals surface area contributed by atoms with Gasteiger partial charge in [-0.15, -0.1) is 0 Å². The van der Waals surface area contributed by atoms with Gasteiger partial charge in [0.1, 0.15) is 11.1 Å². The molecule has 0 atom stereocenters. The van der Waals surface area contributed by atoms with Crippen LogP contribution >= 0.6 is 0 Å². The second-order valence-electron chi connectivity index (χ2n) is 6.01. The van der Waals surface area contributed by atoms with E-state index in [1.54, 1.807) is 24.5 Å². The Balaban J connectivity index is 1.75.